The number of aliphatic hydroxyl groups excluding tert-OH is 1. The number of benzene rings is 1. The van der Waals surface area contributed by atoms with E-state index in [2.05, 4.69) is 20.9 Å². The molecular formula is C14H11BrFNO2. The van der Waals surface area contributed by atoms with Gasteiger partial charge < -0.3 is 9.84 Å². The first-order chi connectivity index (χ1) is 9.13. The highest BCUT2D eigenvalue weighted by atomic mass is 79.9. The molecule has 2 aromatic rings. The van der Waals surface area contributed by atoms with E-state index in [-0.39, 0.29) is 11.9 Å². The largest absolute Gasteiger partial charge is 0.484 e. The molecule has 0 saturated carbocycles. The van der Waals surface area contributed by atoms with Crippen LogP contribution in [0.4, 0.5) is 4.39 Å². The average Bonchev–Trinajstić information content (AvgIpc) is 2.40. The van der Waals surface area contributed by atoms with Crippen molar-refractivity contribution in [1.29, 1.82) is 0 Å². The smallest absolute Gasteiger partial charge is 0.143 e. The molecule has 1 aliphatic rings. The van der Waals surface area contributed by atoms with E-state index in [9.17, 15) is 9.50 Å². The van der Waals surface area contributed by atoms with Crippen LogP contribution in [0, 0.1) is 5.82 Å². The Morgan fingerprint density at radius 3 is 2.89 bits per heavy atom. The van der Waals surface area contributed by atoms with E-state index in [1.54, 1.807) is 12.3 Å². The van der Waals surface area contributed by atoms with E-state index in [4.69, 9.17) is 4.74 Å². The van der Waals surface area contributed by atoms with Crippen LogP contribution in [0.3, 0.4) is 0 Å². The third-order valence-corrected chi connectivity index (χ3v) is 3.59. The molecule has 1 aromatic carbocycles. The summed E-state index contributed by atoms with van der Waals surface area (Å²) < 4.78 is 19.8. The normalized spacial score (nSPS) is 21.6. The van der Waals surface area contributed by atoms with Crippen LogP contribution < -0.4 is 4.74 Å². The number of fused-ring (bicyclic) bond motifs is 1. The van der Waals surface area contributed by atoms with Crippen molar-refractivity contribution in [3.63, 3.8) is 0 Å². The molecule has 2 atom stereocenters. The Morgan fingerprint density at radius 1 is 1.32 bits per heavy atom. The minimum atomic E-state index is -0.741. The second-order valence-corrected chi connectivity index (χ2v) is 5.36. The van der Waals surface area contributed by atoms with Gasteiger partial charge in [0.1, 0.15) is 17.7 Å². The molecular weight excluding hydrogens is 313 g/mol. The van der Waals surface area contributed by atoms with Crippen molar-refractivity contribution in [1.82, 2.24) is 4.98 Å². The number of nitrogens with zero attached hydrogens (tertiary/aromatic N) is 1. The molecule has 0 saturated heterocycles. The summed E-state index contributed by atoms with van der Waals surface area (Å²) in [5, 5.41) is 10.1. The van der Waals surface area contributed by atoms with Crippen LogP contribution in [-0.2, 0) is 0 Å². The van der Waals surface area contributed by atoms with Gasteiger partial charge in [-0.3, -0.25) is 4.98 Å². The third kappa shape index (κ3) is 2.48. The number of hydrogen-bond acceptors (Lipinski definition) is 3. The number of rotatable bonds is 1. The van der Waals surface area contributed by atoms with Gasteiger partial charge in [-0.05, 0) is 46.3 Å². The Labute approximate surface area is 118 Å². The van der Waals surface area contributed by atoms with E-state index < -0.39 is 6.10 Å². The molecule has 2 heterocycles. The Hall–Kier alpha value is -1.46. The summed E-state index contributed by atoms with van der Waals surface area (Å²) in [5.41, 5.74) is 1.24. The summed E-state index contributed by atoms with van der Waals surface area (Å²) in [5.74, 6) is 0.136. The zero-order valence-corrected chi connectivity index (χ0v) is 11.5. The number of pyridine rings is 1. The quantitative estimate of drug-likeness (QED) is 0.872. The lowest BCUT2D eigenvalue weighted by Crippen LogP contribution is -2.20. The maximum atomic E-state index is 13.1. The molecule has 1 N–H and O–H groups in total. The molecule has 3 nitrogen and oxygen atoms in total. The van der Waals surface area contributed by atoms with Crippen molar-refractivity contribution in [2.75, 3.05) is 0 Å². The lowest BCUT2D eigenvalue weighted by Gasteiger charge is -2.29. The number of hydrogen-bond donors (Lipinski definition) is 1. The Balaban J connectivity index is 1.92. The fraction of sp³-hybridized carbons (Fsp3) is 0.214. The van der Waals surface area contributed by atoms with Crippen molar-refractivity contribution in [3.8, 4) is 5.75 Å². The molecule has 1 aliphatic heterocycles. The first-order valence-corrected chi connectivity index (χ1v) is 6.68. The van der Waals surface area contributed by atoms with Gasteiger partial charge in [0, 0.05) is 22.7 Å². The highest BCUT2D eigenvalue weighted by Gasteiger charge is 2.29. The molecule has 0 radical (unpaired) electrons. The molecule has 0 aliphatic carbocycles. The fourth-order valence-corrected chi connectivity index (χ4v) is 2.41. The van der Waals surface area contributed by atoms with Gasteiger partial charge in [-0.15, -0.1) is 0 Å². The molecule has 0 fully saturated rings. The van der Waals surface area contributed by atoms with E-state index >= 15 is 0 Å². The summed E-state index contributed by atoms with van der Waals surface area (Å²) in [6.07, 6.45) is 0.993. The van der Waals surface area contributed by atoms with E-state index in [1.807, 2.05) is 12.1 Å². The summed E-state index contributed by atoms with van der Waals surface area (Å²) in [7, 11) is 0. The SMILES string of the molecule is OC1CC(c2ccc(Br)cn2)Oc2ccc(F)cc21. The Morgan fingerprint density at radius 2 is 2.16 bits per heavy atom. The summed E-state index contributed by atoms with van der Waals surface area (Å²) in [4.78, 5) is 4.27. The van der Waals surface area contributed by atoms with Gasteiger partial charge in [-0.25, -0.2) is 4.39 Å². The molecule has 0 amide bonds. The van der Waals surface area contributed by atoms with Crippen molar-refractivity contribution in [3.05, 3.63) is 58.1 Å². The molecule has 3 rings (SSSR count). The predicted molar refractivity (Wildman–Crippen MR) is 71.3 cm³/mol. The van der Waals surface area contributed by atoms with Crippen LogP contribution in [-0.4, -0.2) is 10.1 Å². The molecule has 0 spiro atoms. The van der Waals surface area contributed by atoms with Crippen LogP contribution in [0.2, 0.25) is 0 Å². The molecule has 2 unspecified atom stereocenters. The number of aliphatic hydroxyl groups is 1. The highest BCUT2D eigenvalue weighted by Crippen LogP contribution is 2.40. The van der Waals surface area contributed by atoms with E-state index in [1.165, 1.54) is 12.1 Å². The second kappa shape index (κ2) is 4.90. The predicted octanol–water partition coefficient (Wildman–Crippen LogP) is 3.54. The van der Waals surface area contributed by atoms with Crippen LogP contribution in [0.25, 0.3) is 0 Å². The molecule has 0 bridgehead atoms. The van der Waals surface area contributed by atoms with Crippen molar-refractivity contribution >= 4 is 15.9 Å². The minimum absolute atomic E-state index is 0.318. The maximum absolute atomic E-state index is 13.1. The number of aromatic nitrogens is 1. The first kappa shape index (κ1) is 12.6. The molecule has 1 aromatic heterocycles. The molecule has 5 heteroatoms. The monoisotopic (exact) mass is 323 g/mol. The van der Waals surface area contributed by atoms with Gasteiger partial charge in [0.05, 0.1) is 11.8 Å². The lowest BCUT2D eigenvalue weighted by atomic mass is 9.97. The molecule has 98 valence electrons. The topological polar surface area (TPSA) is 42.4 Å². The van der Waals surface area contributed by atoms with E-state index in [0.29, 0.717) is 17.7 Å². The van der Waals surface area contributed by atoms with Gasteiger partial charge in [-0.1, -0.05) is 0 Å². The number of ether oxygens (including phenoxy) is 1. The molecule has 19 heavy (non-hydrogen) atoms. The fourth-order valence-electron chi connectivity index (χ4n) is 2.18. The second-order valence-electron chi connectivity index (χ2n) is 4.44. The third-order valence-electron chi connectivity index (χ3n) is 3.12. The van der Waals surface area contributed by atoms with Crippen LogP contribution in [0.1, 0.15) is 29.9 Å². The summed E-state index contributed by atoms with van der Waals surface area (Å²) in [6, 6.07) is 7.89. The Bertz CT molecular complexity index is 603. The maximum Gasteiger partial charge on any atom is 0.143 e. The first-order valence-electron chi connectivity index (χ1n) is 5.89. The zero-order valence-electron chi connectivity index (χ0n) is 9.88. The van der Waals surface area contributed by atoms with Crippen molar-refractivity contribution in [2.24, 2.45) is 0 Å². The standard InChI is InChI=1S/C14H11BrFNO2/c15-8-1-3-11(17-7-8)14-6-12(18)10-5-9(16)2-4-13(10)19-14/h1-5,7,12,14,18H,6H2. The average molecular weight is 324 g/mol. The van der Waals surface area contributed by atoms with Gasteiger partial charge in [0.2, 0.25) is 0 Å². The van der Waals surface area contributed by atoms with Gasteiger partial charge in [-0.2, -0.15) is 0 Å². The van der Waals surface area contributed by atoms with Gasteiger partial charge in [0.25, 0.3) is 0 Å². The van der Waals surface area contributed by atoms with Crippen molar-refractivity contribution < 1.29 is 14.2 Å². The van der Waals surface area contributed by atoms with Gasteiger partial charge in [0.15, 0.2) is 0 Å². The number of halogens is 2. The summed E-state index contributed by atoms with van der Waals surface area (Å²) >= 11 is 3.32. The highest BCUT2D eigenvalue weighted by molar-refractivity contribution is 9.10. The Kier molecular flexibility index (Phi) is 3.24. The lowest BCUT2D eigenvalue weighted by molar-refractivity contribution is 0.0633. The van der Waals surface area contributed by atoms with Crippen molar-refractivity contribution in [2.45, 2.75) is 18.6 Å². The van der Waals surface area contributed by atoms with Gasteiger partial charge >= 0.3 is 0 Å². The van der Waals surface area contributed by atoms with Crippen LogP contribution in [0.15, 0.2) is 41.0 Å². The van der Waals surface area contributed by atoms with Crippen LogP contribution in [0.5, 0.6) is 5.75 Å². The van der Waals surface area contributed by atoms with Crippen LogP contribution >= 0.6 is 15.9 Å². The van der Waals surface area contributed by atoms with E-state index in [0.717, 1.165) is 10.2 Å². The summed E-state index contributed by atoms with van der Waals surface area (Å²) in [6.45, 7) is 0. The minimum Gasteiger partial charge on any atom is -0.484 e. The zero-order chi connectivity index (χ0) is 13.4.